The summed E-state index contributed by atoms with van der Waals surface area (Å²) in [4.78, 5) is 15.1. The minimum absolute atomic E-state index is 0.181. The highest BCUT2D eigenvalue weighted by atomic mass is 16.2. The van der Waals surface area contributed by atoms with Crippen LogP contribution in [0.2, 0.25) is 0 Å². The molecule has 3 nitrogen and oxygen atoms in total. The first-order valence-electron chi connectivity index (χ1n) is 8.77. The predicted octanol–water partition coefficient (Wildman–Crippen LogP) is 3.44. The summed E-state index contributed by atoms with van der Waals surface area (Å²) in [5, 5.41) is 3.64. The molecule has 1 heterocycles. The van der Waals surface area contributed by atoms with Crippen LogP contribution in [0.1, 0.15) is 78.1 Å². The molecule has 0 bridgehead atoms. The first-order chi connectivity index (χ1) is 9.66. The number of amides is 1. The molecule has 0 aromatic carbocycles. The van der Waals surface area contributed by atoms with Crippen LogP contribution >= 0.6 is 0 Å². The Balaban J connectivity index is 1.64. The standard InChI is InChI=1S/C17H30N2O/c1-3-6-14-7-9-15(10-8-14)19-13(2)18-17(16(19)20)11-4-5-12-17/h13-15,18H,3-12H2,1-2H3. The van der Waals surface area contributed by atoms with E-state index >= 15 is 0 Å². The number of carbonyl (C=O) groups is 1. The Labute approximate surface area is 123 Å². The van der Waals surface area contributed by atoms with Crippen molar-refractivity contribution in [2.24, 2.45) is 5.92 Å². The van der Waals surface area contributed by atoms with E-state index in [-0.39, 0.29) is 11.7 Å². The minimum atomic E-state index is -0.181. The van der Waals surface area contributed by atoms with Gasteiger partial charge in [0.15, 0.2) is 0 Å². The smallest absolute Gasteiger partial charge is 0.244 e. The maximum Gasteiger partial charge on any atom is 0.244 e. The summed E-state index contributed by atoms with van der Waals surface area (Å²) in [6, 6.07) is 0.498. The Morgan fingerprint density at radius 2 is 1.85 bits per heavy atom. The van der Waals surface area contributed by atoms with E-state index in [4.69, 9.17) is 0 Å². The molecule has 3 rings (SSSR count). The number of nitrogens with one attached hydrogen (secondary N) is 1. The summed E-state index contributed by atoms with van der Waals surface area (Å²) in [5.41, 5.74) is -0.181. The maximum atomic E-state index is 12.9. The third kappa shape index (κ3) is 2.38. The van der Waals surface area contributed by atoms with Crippen molar-refractivity contribution in [3.63, 3.8) is 0 Å². The third-order valence-corrected chi connectivity index (χ3v) is 5.91. The highest BCUT2D eigenvalue weighted by molar-refractivity contribution is 5.89. The first-order valence-corrected chi connectivity index (χ1v) is 8.77. The summed E-state index contributed by atoms with van der Waals surface area (Å²) in [6.07, 6.45) is 12.5. The molecule has 0 radical (unpaired) electrons. The van der Waals surface area contributed by atoms with Crippen LogP contribution < -0.4 is 5.32 Å². The van der Waals surface area contributed by atoms with Crippen molar-refractivity contribution in [3.05, 3.63) is 0 Å². The van der Waals surface area contributed by atoms with Gasteiger partial charge in [-0.2, -0.15) is 0 Å². The molecule has 2 saturated carbocycles. The van der Waals surface area contributed by atoms with Gasteiger partial charge >= 0.3 is 0 Å². The Hall–Kier alpha value is -0.570. The molecule has 114 valence electrons. The molecule has 1 N–H and O–H groups in total. The average Bonchev–Trinajstić information content (AvgIpc) is 2.99. The van der Waals surface area contributed by atoms with Crippen LogP contribution in [0.25, 0.3) is 0 Å². The zero-order valence-corrected chi connectivity index (χ0v) is 13.2. The number of hydrogen-bond donors (Lipinski definition) is 1. The molecule has 3 fully saturated rings. The van der Waals surface area contributed by atoms with Crippen LogP contribution in [0.5, 0.6) is 0 Å². The number of rotatable bonds is 3. The van der Waals surface area contributed by atoms with Crippen LogP contribution in [0, 0.1) is 5.92 Å². The van der Waals surface area contributed by atoms with Crippen LogP contribution in [0.3, 0.4) is 0 Å². The fourth-order valence-electron chi connectivity index (χ4n) is 4.89. The Kier molecular flexibility index (Phi) is 4.07. The average molecular weight is 278 g/mol. The largest absolute Gasteiger partial charge is 0.323 e. The molecular formula is C17H30N2O. The topological polar surface area (TPSA) is 32.3 Å². The summed E-state index contributed by atoms with van der Waals surface area (Å²) in [6.45, 7) is 4.47. The molecule has 0 aromatic heterocycles. The second-order valence-electron chi connectivity index (χ2n) is 7.29. The second kappa shape index (κ2) is 5.67. The lowest BCUT2D eigenvalue weighted by Gasteiger charge is -2.37. The van der Waals surface area contributed by atoms with Gasteiger partial charge in [-0.15, -0.1) is 0 Å². The van der Waals surface area contributed by atoms with Crippen LogP contribution in [0.15, 0.2) is 0 Å². The molecule has 1 aliphatic heterocycles. The molecule has 1 amide bonds. The van der Waals surface area contributed by atoms with Gasteiger partial charge in [0.1, 0.15) is 0 Å². The first kappa shape index (κ1) is 14.4. The predicted molar refractivity (Wildman–Crippen MR) is 81.3 cm³/mol. The molecular weight excluding hydrogens is 248 g/mol. The molecule has 2 aliphatic carbocycles. The molecule has 1 spiro atoms. The van der Waals surface area contributed by atoms with Crippen molar-refractivity contribution in [2.45, 2.75) is 95.8 Å². The SMILES string of the molecule is CCCC1CCC(N2C(=O)C3(CCCC3)NC2C)CC1. The van der Waals surface area contributed by atoms with E-state index in [0.29, 0.717) is 11.9 Å². The van der Waals surface area contributed by atoms with E-state index < -0.39 is 0 Å². The van der Waals surface area contributed by atoms with E-state index in [1.165, 1.54) is 51.4 Å². The normalized spacial score (nSPS) is 37.0. The van der Waals surface area contributed by atoms with Gasteiger partial charge in [0.25, 0.3) is 0 Å². The van der Waals surface area contributed by atoms with Gasteiger partial charge in [-0.05, 0) is 51.4 Å². The molecule has 3 aliphatic rings. The van der Waals surface area contributed by atoms with Gasteiger partial charge in [0, 0.05) is 6.04 Å². The van der Waals surface area contributed by atoms with Crippen LogP contribution in [-0.4, -0.2) is 28.6 Å². The fourth-order valence-corrected chi connectivity index (χ4v) is 4.89. The van der Waals surface area contributed by atoms with Crippen molar-refractivity contribution in [2.75, 3.05) is 0 Å². The lowest BCUT2D eigenvalue weighted by Crippen LogP contribution is -2.46. The van der Waals surface area contributed by atoms with E-state index in [1.807, 2.05) is 0 Å². The van der Waals surface area contributed by atoms with Gasteiger partial charge in [-0.1, -0.05) is 32.6 Å². The Morgan fingerprint density at radius 1 is 1.20 bits per heavy atom. The van der Waals surface area contributed by atoms with Gasteiger partial charge in [0.05, 0.1) is 11.7 Å². The molecule has 3 heteroatoms. The van der Waals surface area contributed by atoms with Crippen molar-refractivity contribution in [1.82, 2.24) is 10.2 Å². The molecule has 20 heavy (non-hydrogen) atoms. The molecule has 1 saturated heterocycles. The minimum Gasteiger partial charge on any atom is -0.323 e. The van der Waals surface area contributed by atoms with E-state index in [2.05, 4.69) is 24.1 Å². The van der Waals surface area contributed by atoms with Crippen molar-refractivity contribution < 1.29 is 4.79 Å². The van der Waals surface area contributed by atoms with Crippen molar-refractivity contribution >= 4 is 5.91 Å². The fraction of sp³-hybridized carbons (Fsp3) is 0.941. The lowest BCUT2D eigenvalue weighted by molar-refractivity contribution is -0.136. The zero-order valence-electron chi connectivity index (χ0n) is 13.2. The summed E-state index contributed by atoms with van der Waals surface area (Å²) >= 11 is 0. The van der Waals surface area contributed by atoms with Gasteiger partial charge in [0.2, 0.25) is 5.91 Å². The molecule has 1 unspecified atom stereocenters. The quantitative estimate of drug-likeness (QED) is 0.857. The summed E-state index contributed by atoms with van der Waals surface area (Å²) < 4.78 is 0. The van der Waals surface area contributed by atoms with Crippen molar-refractivity contribution in [1.29, 1.82) is 0 Å². The Bertz CT molecular complexity index is 354. The lowest BCUT2D eigenvalue weighted by atomic mass is 9.82. The summed E-state index contributed by atoms with van der Waals surface area (Å²) in [7, 11) is 0. The van der Waals surface area contributed by atoms with Gasteiger partial charge in [-0.25, -0.2) is 0 Å². The Morgan fingerprint density at radius 3 is 2.45 bits per heavy atom. The van der Waals surface area contributed by atoms with E-state index in [1.54, 1.807) is 0 Å². The highest BCUT2D eigenvalue weighted by Gasteiger charge is 2.52. The van der Waals surface area contributed by atoms with Crippen molar-refractivity contribution in [3.8, 4) is 0 Å². The third-order valence-electron chi connectivity index (χ3n) is 5.91. The number of nitrogens with zero attached hydrogens (tertiary/aromatic N) is 1. The molecule has 1 atom stereocenters. The molecule has 0 aromatic rings. The maximum absolute atomic E-state index is 12.9. The van der Waals surface area contributed by atoms with Gasteiger partial charge < -0.3 is 4.90 Å². The van der Waals surface area contributed by atoms with E-state index in [0.717, 1.165) is 18.8 Å². The number of hydrogen-bond acceptors (Lipinski definition) is 2. The highest BCUT2D eigenvalue weighted by Crippen LogP contribution is 2.40. The second-order valence-corrected chi connectivity index (χ2v) is 7.29. The van der Waals surface area contributed by atoms with E-state index in [9.17, 15) is 4.79 Å². The van der Waals surface area contributed by atoms with Gasteiger partial charge in [-0.3, -0.25) is 10.1 Å². The van der Waals surface area contributed by atoms with Crippen LogP contribution in [-0.2, 0) is 4.79 Å². The van der Waals surface area contributed by atoms with Crippen LogP contribution in [0.4, 0.5) is 0 Å². The number of carbonyl (C=O) groups excluding carboxylic acids is 1. The summed E-state index contributed by atoms with van der Waals surface area (Å²) in [5.74, 6) is 1.33. The monoisotopic (exact) mass is 278 g/mol. The zero-order chi connectivity index (χ0) is 14.2.